The lowest BCUT2D eigenvalue weighted by molar-refractivity contribution is -0.115. The third-order valence-corrected chi connectivity index (χ3v) is 5.64. The molecule has 174 valence electrons. The molecule has 0 saturated carbocycles. The van der Waals surface area contributed by atoms with Crippen molar-refractivity contribution in [2.45, 2.75) is 13.1 Å². The van der Waals surface area contributed by atoms with Crippen LogP contribution in [0.25, 0.3) is 0 Å². The number of carbonyl (C=O) groups excluding carboxylic acids is 1. The number of ether oxygens (including phenoxy) is 1. The monoisotopic (exact) mass is 491 g/mol. The van der Waals surface area contributed by atoms with E-state index in [1.807, 2.05) is 30.3 Å². The number of halogens is 2. The van der Waals surface area contributed by atoms with Crippen molar-refractivity contribution in [3.05, 3.63) is 85.0 Å². The number of amides is 1. The van der Waals surface area contributed by atoms with E-state index in [4.69, 9.17) is 33.7 Å². The van der Waals surface area contributed by atoms with Gasteiger partial charge >= 0.3 is 5.69 Å². The summed E-state index contributed by atoms with van der Waals surface area (Å²) in [6.45, 7) is 0.289. The molecule has 3 aromatic rings. The van der Waals surface area contributed by atoms with E-state index in [2.05, 4.69) is 10.3 Å². The highest BCUT2D eigenvalue weighted by Gasteiger charge is 2.22. The van der Waals surface area contributed by atoms with Crippen LogP contribution in [0, 0.1) is 0 Å². The van der Waals surface area contributed by atoms with Crippen LogP contribution < -0.4 is 27.2 Å². The number of nitrogen functional groups attached to an aromatic ring is 1. The first-order valence-electron chi connectivity index (χ1n) is 9.96. The molecule has 1 aromatic heterocycles. The average molecular weight is 492 g/mol. The Morgan fingerprint density at radius 2 is 1.88 bits per heavy atom. The molecule has 0 aliphatic heterocycles. The van der Waals surface area contributed by atoms with Gasteiger partial charge in [0.15, 0.2) is 0 Å². The standard InChI is InChI=1S/C22H23Cl2N5O4/c1-33-11-10-29-20(25)19(21(31)27-22(29)32)28(12-14-6-3-2-4-7-14)13-17(30)26-16-9-5-8-15(23)18(16)24/h2-9H,10-13,25H2,1H3,(H,26,30)(H,27,31,32). The number of anilines is 3. The zero-order valence-corrected chi connectivity index (χ0v) is 19.3. The van der Waals surface area contributed by atoms with Crippen LogP contribution in [0.3, 0.4) is 0 Å². The topological polar surface area (TPSA) is 122 Å². The molecule has 4 N–H and O–H groups in total. The first kappa shape index (κ1) is 24.4. The normalized spacial score (nSPS) is 10.8. The Labute approximate surface area is 199 Å². The minimum absolute atomic E-state index is 0.00176. The summed E-state index contributed by atoms with van der Waals surface area (Å²) in [4.78, 5) is 41.7. The second-order valence-corrected chi connectivity index (χ2v) is 7.91. The summed E-state index contributed by atoms with van der Waals surface area (Å²) in [7, 11) is 1.49. The van der Waals surface area contributed by atoms with Crippen molar-refractivity contribution in [2.75, 3.05) is 36.2 Å². The molecule has 0 radical (unpaired) electrons. The highest BCUT2D eigenvalue weighted by atomic mass is 35.5. The lowest BCUT2D eigenvalue weighted by Gasteiger charge is -2.26. The van der Waals surface area contributed by atoms with Gasteiger partial charge in [0.25, 0.3) is 5.56 Å². The molecular weight excluding hydrogens is 469 g/mol. The van der Waals surface area contributed by atoms with E-state index in [-0.39, 0.29) is 42.8 Å². The van der Waals surface area contributed by atoms with Gasteiger partial charge in [-0.15, -0.1) is 0 Å². The fraction of sp³-hybridized carbons (Fsp3) is 0.227. The molecule has 1 amide bonds. The second-order valence-electron chi connectivity index (χ2n) is 7.13. The van der Waals surface area contributed by atoms with Gasteiger partial charge in [-0.1, -0.05) is 59.6 Å². The van der Waals surface area contributed by atoms with Gasteiger partial charge in [-0.05, 0) is 17.7 Å². The van der Waals surface area contributed by atoms with Gasteiger partial charge in [-0.2, -0.15) is 0 Å². The van der Waals surface area contributed by atoms with Crippen LogP contribution >= 0.6 is 23.2 Å². The van der Waals surface area contributed by atoms with Crippen LogP contribution in [-0.4, -0.2) is 35.7 Å². The Hall–Kier alpha value is -3.27. The Morgan fingerprint density at radius 1 is 1.15 bits per heavy atom. The van der Waals surface area contributed by atoms with Gasteiger partial charge < -0.3 is 20.7 Å². The predicted molar refractivity (Wildman–Crippen MR) is 130 cm³/mol. The molecular formula is C22H23Cl2N5O4. The number of H-pyrrole nitrogens is 1. The van der Waals surface area contributed by atoms with E-state index in [1.54, 1.807) is 18.2 Å². The van der Waals surface area contributed by atoms with Gasteiger partial charge in [0.05, 0.1) is 35.4 Å². The van der Waals surface area contributed by atoms with Crippen LogP contribution in [0.2, 0.25) is 10.0 Å². The summed E-state index contributed by atoms with van der Waals surface area (Å²) in [5.41, 5.74) is 6.04. The highest BCUT2D eigenvalue weighted by molar-refractivity contribution is 6.44. The van der Waals surface area contributed by atoms with Crippen molar-refractivity contribution in [3.63, 3.8) is 0 Å². The molecule has 1 heterocycles. The number of carbonyl (C=O) groups is 1. The Morgan fingerprint density at radius 3 is 2.58 bits per heavy atom. The number of rotatable bonds is 9. The molecule has 0 atom stereocenters. The fourth-order valence-electron chi connectivity index (χ4n) is 3.27. The molecule has 0 bridgehead atoms. The maximum absolute atomic E-state index is 12.9. The molecule has 11 heteroatoms. The number of nitrogens with one attached hydrogen (secondary N) is 2. The Bertz CT molecular complexity index is 1240. The minimum atomic E-state index is -0.698. The summed E-state index contributed by atoms with van der Waals surface area (Å²) in [6.07, 6.45) is 0. The summed E-state index contributed by atoms with van der Waals surface area (Å²) in [5, 5.41) is 3.19. The maximum atomic E-state index is 12.9. The van der Waals surface area contributed by atoms with Crippen LogP contribution in [0.15, 0.2) is 58.1 Å². The Kier molecular flexibility index (Phi) is 8.16. The van der Waals surface area contributed by atoms with E-state index >= 15 is 0 Å². The van der Waals surface area contributed by atoms with Gasteiger partial charge in [0, 0.05) is 13.7 Å². The van der Waals surface area contributed by atoms with E-state index in [0.29, 0.717) is 10.7 Å². The van der Waals surface area contributed by atoms with Gasteiger partial charge in [-0.3, -0.25) is 19.1 Å². The van der Waals surface area contributed by atoms with Crippen molar-refractivity contribution in [3.8, 4) is 0 Å². The molecule has 2 aromatic carbocycles. The van der Waals surface area contributed by atoms with Crippen LogP contribution in [0.4, 0.5) is 17.2 Å². The third kappa shape index (κ3) is 5.95. The molecule has 0 spiro atoms. The van der Waals surface area contributed by atoms with Crippen molar-refractivity contribution < 1.29 is 9.53 Å². The number of hydrogen-bond acceptors (Lipinski definition) is 6. The lowest BCUT2D eigenvalue weighted by atomic mass is 10.2. The molecule has 0 aliphatic carbocycles. The first-order chi connectivity index (χ1) is 15.8. The third-order valence-electron chi connectivity index (χ3n) is 4.83. The number of aromatic nitrogens is 2. The van der Waals surface area contributed by atoms with Crippen molar-refractivity contribution in [1.29, 1.82) is 0 Å². The minimum Gasteiger partial charge on any atom is -0.383 e. The SMILES string of the molecule is COCCn1c(N)c(N(CC(=O)Nc2cccc(Cl)c2Cl)Cc2ccccc2)c(=O)[nH]c1=O. The molecule has 33 heavy (non-hydrogen) atoms. The molecule has 0 unspecified atom stereocenters. The first-order valence-corrected chi connectivity index (χ1v) is 10.7. The molecule has 0 aliphatic rings. The fourth-order valence-corrected chi connectivity index (χ4v) is 3.62. The Balaban J connectivity index is 1.98. The van der Waals surface area contributed by atoms with Crippen LogP contribution in [0.5, 0.6) is 0 Å². The van der Waals surface area contributed by atoms with Crippen LogP contribution in [0.1, 0.15) is 5.56 Å². The quantitative estimate of drug-likeness (QED) is 0.422. The lowest BCUT2D eigenvalue weighted by Crippen LogP contribution is -2.41. The van der Waals surface area contributed by atoms with Crippen molar-refractivity contribution in [1.82, 2.24) is 9.55 Å². The molecule has 0 fully saturated rings. The van der Waals surface area contributed by atoms with E-state index < -0.39 is 17.2 Å². The summed E-state index contributed by atoms with van der Waals surface area (Å²) >= 11 is 12.2. The highest BCUT2D eigenvalue weighted by Crippen LogP contribution is 2.29. The number of benzene rings is 2. The number of methoxy groups -OCH3 is 1. The largest absolute Gasteiger partial charge is 0.383 e. The average Bonchev–Trinajstić information content (AvgIpc) is 2.77. The zero-order valence-electron chi connectivity index (χ0n) is 17.8. The van der Waals surface area contributed by atoms with Gasteiger partial charge in [0.2, 0.25) is 5.91 Å². The molecule has 0 saturated heterocycles. The summed E-state index contributed by atoms with van der Waals surface area (Å²) in [6, 6.07) is 14.1. The maximum Gasteiger partial charge on any atom is 0.330 e. The van der Waals surface area contributed by atoms with Crippen molar-refractivity contribution >= 4 is 46.3 Å². The number of nitrogens with zero attached hydrogens (tertiary/aromatic N) is 2. The van der Waals surface area contributed by atoms with E-state index in [9.17, 15) is 14.4 Å². The summed E-state index contributed by atoms with van der Waals surface area (Å²) < 4.78 is 6.22. The van der Waals surface area contributed by atoms with Crippen LogP contribution in [-0.2, 0) is 22.6 Å². The second kappa shape index (κ2) is 11.0. The van der Waals surface area contributed by atoms with Crippen molar-refractivity contribution in [2.24, 2.45) is 0 Å². The number of aromatic amines is 1. The zero-order chi connectivity index (χ0) is 24.0. The predicted octanol–water partition coefficient (Wildman–Crippen LogP) is 2.72. The number of nitrogens with two attached hydrogens (primary N) is 1. The smallest absolute Gasteiger partial charge is 0.330 e. The molecule has 3 rings (SSSR count). The summed E-state index contributed by atoms with van der Waals surface area (Å²) in [5.74, 6) is -0.520. The molecule has 9 nitrogen and oxygen atoms in total. The van der Waals surface area contributed by atoms with Gasteiger partial charge in [-0.25, -0.2) is 4.79 Å². The number of hydrogen-bond donors (Lipinski definition) is 3. The van der Waals surface area contributed by atoms with Gasteiger partial charge in [0.1, 0.15) is 11.5 Å². The van der Waals surface area contributed by atoms with E-state index in [1.165, 1.54) is 16.6 Å². The van der Waals surface area contributed by atoms with E-state index in [0.717, 1.165) is 5.56 Å².